The predicted molar refractivity (Wildman–Crippen MR) is 124 cm³/mol. The molecule has 0 aliphatic carbocycles. The van der Waals surface area contributed by atoms with Crippen LogP contribution >= 0.6 is 15.3 Å². The first-order valence-corrected chi connectivity index (χ1v) is 14.2. The molecule has 0 aromatic heterocycles. The normalized spacial score (nSPS) is 32.2. The standard InChI is InChI=1S/C19H42N4O7P2/c1-9-27-31(24,20(4)5)22-10-17(3)30-19(13-22)15-28-32(25,21(6)7)23-11-16(2)29-18(12-23)14-26-8/h16-19H,9-15H2,1-8H3/t16-,17-,18-,19-,31?,32?/m0/s1. The summed E-state index contributed by atoms with van der Waals surface area (Å²) < 4.78 is 63.3. The van der Waals surface area contributed by atoms with Gasteiger partial charge in [-0.1, -0.05) is 0 Å². The van der Waals surface area contributed by atoms with Gasteiger partial charge in [0.2, 0.25) is 0 Å². The Bertz CT molecular complexity index is 684. The zero-order valence-corrected chi connectivity index (χ0v) is 22.6. The van der Waals surface area contributed by atoms with Gasteiger partial charge in [-0.3, -0.25) is 9.13 Å². The van der Waals surface area contributed by atoms with E-state index in [0.29, 0.717) is 39.4 Å². The van der Waals surface area contributed by atoms with Crippen molar-refractivity contribution in [2.24, 2.45) is 0 Å². The van der Waals surface area contributed by atoms with Gasteiger partial charge in [-0.25, -0.2) is 18.7 Å². The molecule has 190 valence electrons. The van der Waals surface area contributed by atoms with Crippen LogP contribution in [-0.4, -0.2) is 124 Å². The van der Waals surface area contributed by atoms with Crippen molar-refractivity contribution in [1.82, 2.24) is 18.7 Å². The van der Waals surface area contributed by atoms with Gasteiger partial charge < -0.3 is 23.3 Å². The molecule has 2 saturated heterocycles. The molecule has 0 amide bonds. The third-order valence-electron chi connectivity index (χ3n) is 5.42. The highest BCUT2D eigenvalue weighted by molar-refractivity contribution is 7.54. The molecule has 0 radical (unpaired) electrons. The summed E-state index contributed by atoms with van der Waals surface area (Å²) in [4.78, 5) is 0. The number of nitrogens with zero attached hydrogens (tertiary/aromatic N) is 4. The Morgan fingerprint density at radius 2 is 1.25 bits per heavy atom. The minimum Gasteiger partial charge on any atom is -0.382 e. The van der Waals surface area contributed by atoms with E-state index in [1.54, 1.807) is 44.6 Å². The fourth-order valence-electron chi connectivity index (χ4n) is 4.07. The van der Waals surface area contributed by atoms with Crippen molar-refractivity contribution < 1.29 is 32.4 Å². The average molecular weight is 501 g/mol. The lowest BCUT2D eigenvalue weighted by Crippen LogP contribution is -2.50. The minimum absolute atomic E-state index is 0.0978. The lowest BCUT2D eigenvalue weighted by atomic mass is 10.2. The first kappa shape index (κ1) is 28.3. The number of ether oxygens (including phenoxy) is 3. The Labute approximate surface area is 193 Å². The maximum absolute atomic E-state index is 14.0. The third kappa shape index (κ3) is 6.83. The first-order chi connectivity index (χ1) is 15.0. The second kappa shape index (κ2) is 12.2. The van der Waals surface area contributed by atoms with E-state index in [-0.39, 0.29) is 24.9 Å². The largest absolute Gasteiger partial charge is 0.382 e. The molecule has 2 rings (SSSR count). The van der Waals surface area contributed by atoms with Crippen LogP contribution in [-0.2, 0) is 32.4 Å². The fraction of sp³-hybridized carbons (Fsp3) is 1.00. The van der Waals surface area contributed by atoms with E-state index < -0.39 is 21.4 Å². The van der Waals surface area contributed by atoms with E-state index in [0.717, 1.165) is 0 Å². The molecule has 0 N–H and O–H groups in total. The van der Waals surface area contributed by atoms with Gasteiger partial charge in [0.25, 0.3) is 0 Å². The molecular formula is C19H42N4O7P2. The minimum atomic E-state index is -3.32. The number of morpholine rings is 2. The van der Waals surface area contributed by atoms with E-state index in [9.17, 15) is 9.13 Å². The topological polar surface area (TPSA) is 93.3 Å². The number of rotatable bonds is 11. The van der Waals surface area contributed by atoms with Crippen molar-refractivity contribution in [1.29, 1.82) is 0 Å². The van der Waals surface area contributed by atoms with Crippen LogP contribution in [0.1, 0.15) is 20.8 Å². The quantitative estimate of drug-likeness (QED) is 0.391. The Balaban J connectivity index is 2.12. The van der Waals surface area contributed by atoms with Gasteiger partial charge in [0.1, 0.15) is 0 Å². The van der Waals surface area contributed by atoms with Crippen LogP contribution in [0.4, 0.5) is 0 Å². The number of methoxy groups -OCH3 is 1. The molecule has 32 heavy (non-hydrogen) atoms. The molecule has 0 bridgehead atoms. The highest BCUT2D eigenvalue weighted by atomic mass is 31.2. The molecule has 0 spiro atoms. The molecule has 2 fully saturated rings. The van der Waals surface area contributed by atoms with E-state index in [1.807, 2.05) is 30.1 Å². The maximum Gasteiger partial charge on any atom is 0.345 e. The average Bonchev–Trinajstić information content (AvgIpc) is 2.71. The van der Waals surface area contributed by atoms with E-state index >= 15 is 0 Å². The molecule has 13 heteroatoms. The molecule has 2 unspecified atom stereocenters. The Kier molecular flexibility index (Phi) is 10.8. The first-order valence-electron chi connectivity index (χ1n) is 11.1. The summed E-state index contributed by atoms with van der Waals surface area (Å²) in [6.07, 6.45) is -0.841. The van der Waals surface area contributed by atoms with Crippen LogP contribution in [0.2, 0.25) is 0 Å². The van der Waals surface area contributed by atoms with Crippen LogP contribution in [0.3, 0.4) is 0 Å². The number of hydrogen-bond donors (Lipinski definition) is 0. The second-order valence-electron chi connectivity index (χ2n) is 8.73. The molecule has 2 aliphatic heterocycles. The summed E-state index contributed by atoms with van der Waals surface area (Å²) in [5, 5.41) is 0. The second-order valence-corrected chi connectivity index (χ2v) is 13.9. The van der Waals surface area contributed by atoms with Crippen molar-refractivity contribution in [3.8, 4) is 0 Å². The van der Waals surface area contributed by atoms with E-state index in [4.69, 9.17) is 23.3 Å². The molecular weight excluding hydrogens is 458 g/mol. The molecule has 6 atom stereocenters. The van der Waals surface area contributed by atoms with Crippen LogP contribution in [0, 0.1) is 0 Å². The Morgan fingerprint density at radius 3 is 1.66 bits per heavy atom. The van der Waals surface area contributed by atoms with Gasteiger partial charge in [-0.2, -0.15) is 0 Å². The SMILES string of the molecule is CCOP(=O)(N(C)C)N1C[C@@H](COP(=O)(N(C)C)N2C[C@@H](COC)O[C@@H](C)C2)O[C@@H](C)C1. The van der Waals surface area contributed by atoms with Crippen LogP contribution < -0.4 is 0 Å². The molecule has 0 aromatic carbocycles. The highest BCUT2D eigenvalue weighted by Gasteiger charge is 2.43. The molecule has 2 aliphatic rings. The van der Waals surface area contributed by atoms with Gasteiger partial charge >= 0.3 is 15.3 Å². The Morgan fingerprint density at radius 1 is 0.812 bits per heavy atom. The summed E-state index contributed by atoms with van der Waals surface area (Å²) in [5.41, 5.74) is 0. The molecule has 2 heterocycles. The Hall–Kier alpha value is 0.100. The predicted octanol–water partition coefficient (Wildman–Crippen LogP) is 2.20. The van der Waals surface area contributed by atoms with Crippen molar-refractivity contribution >= 4 is 15.3 Å². The summed E-state index contributed by atoms with van der Waals surface area (Å²) in [6, 6.07) is 0. The van der Waals surface area contributed by atoms with Crippen LogP contribution in [0.5, 0.6) is 0 Å². The van der Waals surface area contributed by atoms with Gasteiger partial charge in [-0.05, 0) is 49.0 Å². The molecule has 11 nitrogen and oxygen atoms in total. The van der Waals surface area contributed by atoms with Gasteiger partial charge in [0.05, 0.1) is 44.2 Å². The lowest BCUT2D eigenvalue weighted by Gasteiger charge is -2.44. The summed E-state index contributed by atoms with van der Waals surface area (Å²) in [6.45, 7) is 8.35. The van der Waals surface area contributed by atoms with Crippen molar-refractivity contribution in [3.05, 3.63) is 0 Å². The summed E-state index contributed by atoms with van der Waals surface area (Å²) in [7, 11) is 2.13. The summed E-state index contributed by atoms with van der Waals surface area (Å²) in [5.74, 6) is 0. The maximum atomic E-state index is 14.0. The lowest BCUT2D eigenvalue weighted by molar-refractivity contribution is -0.0921. The van der Waals surface area contributed by atoms with Crippen molar-refractivity contribution in [3.63, 3.8) is 0 Å². The van der Waals surface area contributed by atoms with E-state index in [2.05, 4.69) is 0 Å². The zero-order valence-electron chi connectivity index (χ0n) is 20.8. The smallest absolute Gasteiger partial charge is 0.345 e. The number of hydrogen-bond acceptors (Lipinski definition) is 7. The van der Waals surface area contributed by atoms with Crippen LogP contribution in [0.25, 0.3) is 0 Å². The van der Waals surface area contributed by atoms with Gasteiger partial charge in [0, 0.05) is 33.3 Å². The molecule has 0 saturated carbocycles. The highest BCUT2D eigenvalue weighted by Crippen LogP contribution is 2.55. The fourth-order valence-corrected chi connectivity index (χ4v) is 8.22. The van der Waals surface area contributed by atoms with E-state index in [1.165, 1.54) is 0 Å². The van der Waals surface area contributed by atoms with Crippen LogP contribution in [0.15, 0.2) is 0 Å². The zero-order chi connectivity index (χ0) is 24.1. The third-order valence-corrected chi connectivity index (χ3v) is 10.6. The van der Waals surface area contributed by atoms with Crippen molar-refractivity contribution in [2.75, 3.05) is 81.3 Å². The van der Waals surface area contributed by atoms with Gasteiger partial charge in [0.15, 0.2) is 0 Å². The summed E-state index contributed by atoms with van der Waals surface area (Å²) >= 11 is 0. The van der Waals surface area contributed by atoms with Crippen molar-refractivity contribution in [2.45, 2.75) is 45.2 Å². The van der Waals surface area contributed by atoms with Gasteiger partial charge in [-0.15, -0.1) is 0 Å². The monoisotopic (exact) mass is 500 g/mol. The molecule has 0 aromatic rings.